The van der Waals surface area contributed by atoms with Crippen molar-refractivity contribution in [3.8, 4) is 0 Å². The lowest BCUT2D eigenvalue weighted by molar-refractivity contribution is -0.425. The van der Waals surface area contributed by atoms with Gasteiger partial charge in [-0.25, -0.2) is 0 Å². The number of aliphatic hydroxyl groups excluding tert-OH is 19. The molecule has 0 saturated carbocycles. The van der Waals surface area contributed by atoms with Crippen LogP contribution in [0.2, 0.25) is 0 Å². The summed E-state index contributed by atoms with van der Waals surface area (Å²) in [6.07, 6.45) is -51.0. The Morgan fingerprint density at radius 1 is 0.471 bits per heavy atom. The number of carbonyl (C=O) groups is 1. The summed E-state index contributed by atoms with van der Waals surface area (Å²) in [4.78, 5) is 13.1. The van der Waals surface area contributed by atoms with Gasteiger partial charge in [-0.05, 0) is 0 Å². The van der Waals surface area contributed by atoms with Crippen LogP contribution < -0.4 is 5.32 Å². The van der Waals surface area contributed by atoms with Crippen LogP contribution in [0, 0.1) is 0 Å². The number of carbonyl (C=O) groups excluding carboxylic acids is 1. The van der Waals surface area contributed by atoms with E-state index in [-0.39, 0.29) is 0 Å². The Balaban J connectivity index is 1.43. The average molecular weight is 1030 g/mol. The van der Waals surface area contributed by atoms with Crippen molar-refractivity contribution in [1.29, 1.82) is 0 Å². The van der Waals surface area contributed by atoms with E-state index in [1.807, 2.05) is 0 Å². The van der Waals surface area contributed by atoms with Crippen LogP contribution in [0.25, 0.3) is 0 Å². The minimum Gasteiger partial charge on any atom is -0.394 e. The van der Waals surface area contributed by atoms with E-state index in [0.717, 1.165) is 6.92 Å². The van der Waals surface area contributed by atoms with E-state index >= 15 is 0 Å². The second kappa shape index (κ2) is 23.9. The third kappa shape index (κ3) is 11.3. The Hall–Kier alpha value is -1.73. The number of aliphatic hydroxyl groups is 19. The second-order valence-corrected chi connectivity index (χ2v) is 17.6. The second-order valence-electron chi connectivity index (χ2n) is 17.6. The van der Waals surface area contributed by atoms with Crippen LogP contribution in [0.5, 0.6) is 0 Å². The first-order valence-electron chi connectivity index (χ1n) is 22.1. The van der Waals surface area contributed by atoms with Gasteiger partial charge in [0.25, 0.3) is 0 Å². The summed E-state index contributed by atoms with van der Waals surface area (Å²) in [5.41, 5.74) is 0. The minimum absolute atomic E-state index is 0.797. The molecule has 0 aromatic carbocycles. The summed E-state index contributed by atoms with van der Waals surface area (Å²) in [6.45, 7) is -7.59. The van der Waals surface area contributed by atoms with Crippen LogP contribution in [0.4, 0.5) is 0 Å². The van der Waals surface area contributed by atoms with Crippen molar-refractivity contribution in [2.75, 3.05) is 52.9 Å². The summed E-state index contributed by atoms with van der Waals surface area (Å²) in [6, 6.07) is -2.00. The highest BCUT2D eigenvalue weighted by Gasteiger charge is 2.62. The van der Waals surface area contributed by atoms with E-state index in [4.69, 9.17) is 52.1 Å². The molecule has 32 heteroatoms. The molecule has 6 heterocycles. The van der Waals surface area contributed by atoms with Gasteiger partial charge < -0.3 is 154 Å². The first-order valence-corrected chi connectivity index (χ1v) is 22.1. The Kier molecular flexibility index (Phi) is 19.6. The molecule has 1 unspecified atom stereocenters. The molecule has 6 aliphatic rings. The average Bonchev–Trinajstić information content (AvgIpc) is 3.34. The van der Waals surface area contributed by atoms with E-state index in [2.05, 4.69) is 5.32 Å². The first-order chi connectivity index (χ1) is 33.1. The molecule has 0 radical (unpaired) electrons. The van der Waals surface area contributed by atoms with Crippen molar-refractivity contribution in [3.63, 3.8) is 0 Å². The van der Waals surface area contributed by atoms with E-state index in [9.17, 15) is 102 Å². The number of hydrogen-bond acceptors (Lipinski definition) is 31. The van der Waals surface area contributed by atoms with Gasteiger partial charge in [0.2, 0.25) is 17.5 Å². The van der Waals surface area contributed by atoms with Gasteiger partial charge in [0.05, 0.1) is 39.6 Å². The van der Waals surface area contributed by atoms with Gasteiger partial charge >= 0.3 is 0 Å². The molecule has 6 rings (SSSR count). The largest absolute Gasteiger partial charge is 0.394 e. The fourth-order valence-electron chi connectivity index (χ4n) is 8.96. The summed E-state index contributed by atoms with van der Waals surface area (Å²) in [5, 5.41) is 205. The van der Waals surface area contributed by atoms with Crippen LogP contribution >= 0.6 is 0 Å². The van der Waals surface area contributed by atoms with Gasteiger partial charge in [-0.1, -0.05) is 0 Å². The van der Waals surface area contributed by atoms with Crippen LogP contribution in [0.1, 0.15) is 6.92 Å². The zero-order valence-electron chi connectivity index (χ0n) is 37.1. The van der Waals surface area contributed by atoms with Gasteiger partial charge in [0.1, 0.15) is 147 Å². The highest BCUT2D eigenvalue weighted by atomic mass is 16.8. The summed E-state index contributed by atoms with van der Waals surface area (Å²) in [7, 11) is 0. The number of nitrogens with one attached hydrogen (secondary N) is 1. The topological polar surface area (TPSA) is 515 Å². The molecule has 32 nitrogen and oxygen atoms in total. The third-order valence-electron chi connectivity index (χ3n) is 13.0. The zero-order chi connectivity index (χ0) is 51.7. The molecule has 0 aromatic heterocycles. The van der Waals surface area contributed by atoms with Gasteiger partial charge in [-0.3, -0.25) is 4.79 Å². The molecule has 0 bridgehead atoms. The van der Waals surface area contributed by atoms with Crippen molar-refractivity contribution >= 4 is 5.91 Å². The molecule has 1 amide bonds. The molecular weight excluding hydrogens is 966 g/mol. The molecular formula is C38H65NO31. The predicted molar refractivity (Wildman–Crippen MR) is 211 cm³/mol. The normalized spacial score (nSPS) is 51.5. The number of rotatable bonds is 17. The minimum atomic E-state index is -2.77. The quantitative estimate of drug-likeness (QED) is 0.0643. The lowest BCUT2D eigenvalue weighted by Crippen LogP contribution is -2.73. The molecule has 0 spiro atoms. The van der Waals surface area contributed by atoms with Crippen molar-refractivity contribution in [3.05, 3.63) is 0 Å². The Morgan fingerprint density at radius 3 is 1.43 bits per heavy atom. The van der Waals surface area contributed by atoms with Crippen molar-refractivity contribution in [1.82, 2.24) is 5.32 Å². The molecule has 20 N–H and O–H groups in total. The maximum atomic E-state index is 13.1. The maximum absolute atomic E-state index is 13.1. The maximum Gasteiger partial charge on any atom is 0.221 e. The van der Waals surface area contributed by atoms with E-state index < -0.39 is 230 Å². The lowest BCUT2D eigenvalue weighted by Gasteiger charge is -2.54. The van der Waals surface area contributed by atoms with Gasteiger partial charge in [0.15, 0.2) is 25.2 Å². The summed E-state index contributed by atoms with van der Waals surface area (Å²) < 4.78 is 63.5. The molecule has 6 fully saturated rings. The van der Waals surface area contributed by atoms with Crippen LogP contribution in [-0.2, 0) is 56.9 Å². The van der Waals surface area contributed by atoms with Gasteiger partial charge in [0, 0.05) is 6.92 Å². The monoisotopic (exact) mass is 1030 g/mol. The van der Waals surface area contributed by atoms with Crippen molar-refractivity contribution in [2.45, 2.75) is 178 Å². The molecule has 6 aliphatic heterocycles. The molecule has 6 saturated heterocycles. The standard InChI is InChI=1S/C38H65NO31/c1-10(46)39-17-28(67-36-30(22(53)20(51)13(2-40)64-36)70-38(9-45)32(58)19(50)12(48)7-61-38)27(69-37(8-44)31(57)18(49)11(47)6-60-37)16(5-43)65-34(17)68-29-21(52)14(3-41)63-35(25(29)56)66-26-15(4-42)62-33(59)24(55)23(26)54/h11-36,40-45,47-59H,2-9H2,1H3,(H,39,46)/t11-,12-,13+,14+,15+,16+,17+,18-,19-,20-,21-,22-,23-,24+,25+,26+,27+,28+,29-,30+,31+,32+,33?,34-,35-,36-,37-,38-/m0/s1. The summed E-state index contributed by atoms with van der Waals surface area (Å²) in [5.74, 6) is -6.50. The fraction of sp³-hybridized carbons (Fsp3) is 0.974. The molecule has 28 atom stereocenters. The highest BCUT2D eigenvalue weighted by Crippen LogP contribution is 2.40. The lowest BCUT2D eigenvalue weighted by atomic mass is 9.92. The molecule has 0 aliphatic carbocycles. The molecule has 408 valence electrons. The Bertz CT molecular complexity index is 1660. The fourth-order valence-corrected chi connectivity index (χ4v) is 8.96. The van der Waals surface area contributed by atoms with Crippen molar-refractivity contribution < 1.29 is 154 Å². The van der Waals surface area contributed by atoms with E-state index in [1.165, 1.54) is 0 Å². The molecule has 70 heavy (non-hydrogen) atoms. The van der Waals surface area contributed by atoms with Crippen LogP contribution in [-0.4, -0.2) is 327 Å². The number of ether oxygens (including phenoxy) is 11. The van der Waals surface area contributed by atoms with Gasteiger partial charge in [-0.2, -0.15) is 0 Å². The zero-order valence-corrected chi connectivity index (χ0v) is 37.1. The van der Waals surface area contributed by atoms with Crippen molar-refractivity contribution in [2.24, 2.45) is 0 Å². The van der Waals surface area contributed by atoms with Crippen LogP contribution in [0.15, 0.2) is 0 Å². The SMILES string of the molecule is CC(=O)N[C@H]1[C@H](O[C@H]2[C@@H](O)[C@@H](CO)O[C@@H](O[C@H]3[C@@H](O)[C@@H](O)C(O)O[C@@H]3CO)[C@@H]2O)O[C@H](CO)[C@@H](O[C@]2(CO)OC[C@H](O)[C@H](O)[C@H]2O)[C@@H]1O[C@@H]1O[C@H](CO)[C@H](O)[C@H](O)[C@H]1O[C@]1(CO)OC[C@H](O)[C@H](O)[C@H]1O. The van der Waals surface area contributed by atoms with Crippen LogP contribution in [0.3, 0.4) is 0 Å². The molecule has 0 aromatic rings. The smallest absolute Gasteiger partial charge is 0.221 e. The van der Waals surface area contributed by atoms with E-state index in [1.54, 1.807) is 0 Å². The Morgan fingerprint density at radius 2 is 0.914 bits per heavy atom. The Labute approximate surface area is 395 Å². The first kappa shape index (κ1) is 57.5. The summed E-state index contributed by atoms with van der Waals surface area (Å²) >= 11 is 0. The number of hydrogen-bond donors (Lipinski definition) is 20. The van der Waals surface area contributed by atoms with Gasteiger partial charge in [-0.15, -0.1) is 0 Å². The predicted octanol–water partition coefficient (Wildman–Crippen LogP) is -14.0. The third-order valence-corrected chi connectivity index (χ3v) is 13.0. The number of amides is 1. The van der Waals surface area contributed by atoms with E-state index in [0.29, 0.717) is 0 Å². The highest BCUT2D eigenvalue weighted by molar-refractivity contribution is 5.73.